The van der Waals surface area contributed by atoms with Gasteiger partial charge in [0.25, 0.3) is 0 Å². The molecule has 4 rings (SSSR count). The number of rotatable bonds is 3. The molecule has 0 radical (unpaired) electrons. The van der Waals surface area contributed by atoms with Gasteiger partial charge >= 0.3 is 11.9 Å². The van der Waals surface area contributed by atoms with Gasteiger partial charge in [-0.3, -0.25) is 14.4 Å². The van der Waals surface area contributed by atoms with E-state index in [1.807, 2.05) is 23.7 Å². The number of methoxy groups -OCH3 is 1. The Morgan fingerprint density at radius 1 is 1.09 bits per heavy atom. The molecule has 2 atom stereocenters. The van der Waals surface area contributed by atoms with E-state index >= 15 is 0 Å². The van der Waals surface area contributed by atoms with Gasteiger partial charge in [-0.1, -0.05) is 12.1 Å². The van der Waals surface area contributed by atoms with Gasteiger partial charge in [-0.25, -0.2) is 0 Å². The summed E-state index contributed by atoms with van der Waals surface area (Å²) in [5.41, 5.74) is 0.390. The number of ether oxygens (including phenoxy) is 4. The Morgan fingerprint density at radius 2 is 1.75 bits per heavy atom. The Labute approximate surface area is 184 Å². The highest BCUT2D eigenvalue weighted by Gasteiger charge is 2.50. The largest absolute Gasteiger partial charge is 0.496 e. The maximum atomic E-state index is 13.5. The fourth-order valence-electron chi connectivity index (χ4n) is 4.48. The van der Waals surface area contributed by atoms with Crippen LogP contribution in [0.1, 0.15) is 39.4 Å². The quantitative estimate of drug-likeness (QED) is 0.456. The third kappa shape index (κ3) is 3.26. The van der Waals surface area contributed by atoms with Crippen LogP contribution < -0.4 is 14.9 Å². The molecule has 0 N–H and O–H groups in total. The third-order valence-electron chi connectivity index (χ3n) is 5.76. The Morgan fingerprint density at radius 3 is 2.38 bits per heavy atom. The van der Waals surface area contributed by atoms with E-state index in [-0.39, 0.29) is 5.43 Å². The Balaban J connectivity index is 2.19. The zero-order valence-corrected chi connectivity index (χ0v) is 18.8. The molecule has 2 aromatic carbocycles. The molecular formula is C24H25NO7. The van der Waals surface area contributed by atoms with Crippen LogP contribution in [0.3, 0.4) is 0 Å². The molecule has 0 spiro atoms. The molecule has 0 saturated carbocycles. The predicted octanol–water partition coefficient (Wildman–Crippen LogP) is 3.41. The second-order valence-electron chi connectivity index (χ2n) is 8.39. The van der Waals surface area contributed by atoms with Crippen molar-refractivity contribution in [2.75, 3.05) is 7.11 Å². The number of aromatic nitrogens is 1. The van der Waals surface area contributed by atoms with Crippen LogP contribution in [0.2, 0.25) is 0 Å². The first-order valence-corrected chi connectivity index (χ1v) is 10.2. The van der Waals surface area contributed by atoms with Crippen LogP contribution >= 0.6 is 0 Å². The molecule has 32 heavy (non-hydrogen) atoms. The lowest BCUT2D eigenvalue weighted by atomic mass is 9.86. The zero-order valence-electron chi connectivity index (χ0n) is 18.8. The van der Waals surface area contributed by atoms with E-state index in [1.165, 1.54) is 21.0 Å². The minimum atomic E-state index is -1.02. The zero-order chi connectivity index (χ0) is 23.4. The molecule has 0 unspecified atom stereocenters. The number of pyridine rings is 1. The minimum absolute atomic E-state index is 0.219. The summed E-state index contributed by atoms with van der Waals surface area (Å²) in [6, 6.07) is 8.84. The highest BCUT2D eigenvalue weighted by Crippen LogP contribution is 2.48. The van der Waals surface area contributed by atoms with Crippen molar-refractivity contribution < 1.29 is 28.5 Å². The van der Waals surface area contributed by atoms with E-state index in [2.05, 4.69) is 0 Å². The first-order valence-electron chi connectivity index (χ1n) is 10.2. The van der Waals surface area contributed by atoms with Crippen molar-refractivity contribution in [1.82, 2.24) is 4.57 Å². The van der Waals surface area contributed by atoms with Gasteiger partial charge < -0.3 is 23.5 Å². The number of carbonyl (C=O) groups is 2. The molecule has 0 bridgehead atoms. The Hall–Kier alpha value is -3.55. The van der Waals surface area contributed by atoms with Crippen molar-refractivity contribution in [2.24, 2.45) is 7.05 Å². The highest BCUT2D eigenvalue weighted by molar-refractivity contribution is 5.99. The summed E-state index contributed by atoms with van der Waals surface area (Å²) >= 11 is 0. The smallest absolute Gasteiger partial charge is 0.303 e. The van der Waals surface area contributed by atoms with Gasteiger partial charge in [-0.2, -0.15) is 0 Å². The van der Waals surface area contributed by atoms with E-state index in [0.29, 0.717) is 38.9 Å². The van der Waals surface area contributed by atoms with Crippen molar-refractivity contribution in [3.63, 3.8) is 0 Å². The van der Waals surface area contributed by atoms with Crippen LogP contribution in [0.25, 0.3) is 21.8 Å². The van der Waals surface area contributed by atoms with Crippen LogP contribution in [0.4, 0.5) is 0 Å². The standard InChI is InChI=1S/C24H25NO7/c1-12(26)30-22-19-17(32-24(3,4)23(22)31-13(2)27)11-16(29-6)18-20(19)25(5)15-10-8-7-9-14(15)21(18)28/h7-11,22-23H,1-6H3/t22-,23+/m1/s1. The van der Waals surface area contributed by atoms with Crippen molar-refractivity contribution in [2.45, 2.75) is 45.5 Å². The number of hydrogen-bond donors (Lipinski definition) is 0. The number of nitrogens with zero attached hydrogens (tertiary/aromatic N) is 1. The van der Waals surface area contributed by atoms with Crippen molar-refractivity contribution in [3.8, 4) is 11.5 Å². The van der Waals surface area contributed by atoms with E-state index < -0.39 is 29.7 Å². The number of esters is 2. The average Bonchev–Trinajstić information content (AvgIpc) is 2.72. The molecule has 8 nitrogen and oxygen atoms in total. The van der Waals surface area contributed by atoms with Crippen LogP contribution in [-0.4, -0.2) is 35.3 Å². The molecule has 0 fully saturated rings. The topological polar surface area (TPSA) is 93.1 Å². The average molecular weight is 439 g/mol. The third-order valence-corrected chi connectivity index (χ3v) is 5.76. The molecule has 8 heteroatoms. The lowest BCUT2D eigenvalue weighted by Crippen LogP contribution is -2.52. The normalized spacial score (nSPS) is 19.2. The maximum absolute atomic E-state index is 13.5. The van der Waals surface area contributed by atoms with Gasteiger partial charge in [-0.05, 0) is 26.0 Å². The Bertz CT molecular complexity index is 1320. The molecule has 0 aliphatic carbocycles. The SMILES string of the molecule is COc1cc2c(c3c1c(=O)c1ccccc1n3C)[C@@H](OC(C)=O)[C@H](OC(C)=O)C(C)(C)O2. The monoisotopic (exact) mass is 439 g/mol. The lowest BCUT2D eigenvalue weighted by molar-refractivity contribution is -0.187. The van der Waals surface area contributed by atoms with E-state index in [0.717, 1.165) is 0 Å². The first-order chi connectivity index (χ1) is 15.1. The van der Waals surface area contributed by atoms with Crippen molar-refractivity contribution in [1.29, 1.82) is 0 Å². The van der Waals surface area contributed by atoms with Crippen LogP contribution in [0.5, 0.6) is 11.5 Å². The number of carbonyl (C=O) groups excluding carboxylic acids is 2. The minimum Gasteiger partial charge on any atom is -0.496 e. The fourth-order valence-corrected chi connectivity index (χ4v) is 4.48. The molecule has 1 aliphatic heterocycles. The molecular weight excluding hydrogens is 414 g/mol. The number of aryl methyl sites for hydroxylation is 1. The fraction of sp³-hybridized carbons (Fsp3) is 0.375. The van der Waals surface area contributed by atoms with Crippen LogP contribution in [-0.2, 0) is 26.1 Å². The van der Waals surface area contributed by atoms with Crippen molar-refractivity contribution >= 4 is 33.7 Å². The van der Waals surface area contributed by atoms with Gasteiger partial charge in [-0.15, -0.1) is 0 Å². The summed E-state index contributed by atoms with van der Waals surface area (Å²) in [7, 11) is 3.30. The maximum Gasteiger partial charge on any atom is 0.303 e. The molecule has 1 aromatic heterocycles. The predicted molar refractivity (Wildman–Crippen MR) is 118 cm³/mol. The summed E-state index contributed by atoms with van der Waals surface area (Å²) in [6.45, 7) is 6.06. The molecule has 0 saturated heterocycles. The molecule has 0 amide bonds. The molecule has 3 aromatic rings. The summed E-state index contributed by atoms with van der Waals surface area (Å²) < 4.78 is 24.9. The van der Waals surface area contributed by atoms with E-state index in [1.54, 1.807) is 32.0 Å². The number of para-hydroxylation sites is 1. The molecule has 2 heterocycles. The number of hydrogen-bond acceptors (Lipinski definition) is 7. The number of fused-ring (bicyclic) bond motifs is 4. The highest BCUT2D eigenvalue weighted by atomic mass is 16.6. The summed E-state index contributed by atoms with van der Waals surface area (Å²) in [4.78, 5) is 37.5. The van der Waals surface area contributed by atoms with Gasteiger partial charge in [0.1, 0.15) is 17.1 Å². The van der Waals surface area contributed by atoms with Crippen molar-refractivity contribution in [3.05, 3.63) is 46.1 Å². The van der Waals surface area contributed by atoms with Crippen LogP contribution in [0, 0.1) is 0 Å². The first kappa shape index (κ1) is 21.7. The van der Waals surface area contributed by atoms with E-state index in [9.17, 15) is 14.4 Å². The summed E-state index contributed by atoms with van der Waals surface area (Å²) in [6.07, 6.45) is -1.93. The van der Waals surface area contributed by atoms with Gasteiger partial charge in [0.05, 0.1) is 29.1 Å². The second kappa shape index (κ2) is 7.55. The summed E-state index contributed by atoms with van der Waals surface area (Å²) in [5.74, 6) is -0.359. The Kier molecular flexibility index (Phi) is 5.11. The van der Waals surface area contributed by atoms with Gasteiger partial charge in [0.2, 0.25) is 5.43 Å². The van der Waals surface area contributed by atoms with Crippen LogP contribution in [0.15, 0.2) is 35.1 Å². The van der Waals surface area contributed by atoms with E-state index in [4.69, 9.17) is 18.9 Å². The van der Waals surface area contributed by atoms with Gasteiger partial charge in [0.15, 0.2) is 12.2 Å². The molecule has 1 aliphatic rings. The molecule has 168 valence electrons. The summed E-state index contributed by atoms with van der Waals surface area (Å²) in [5, 5.41) is 0.855. The lowest BCUT2D eigenvalue weighted by Gasteiger charge is -2.43. The second-order valence-corrected chi connectivity index (χ2v) is 8.39. The number of benzene rings is 2. The van der Waals surface area contributed by atoms with Gasteiger partial charge in [0, 0.05) is 32.3 Å².